The summed E-state index contributed by atoms with van der Waals surface area (Å²) in [5.74, 6) is -0.827. The van der Waals surface area contributed by atoms with E-state index in [0.717, 1.165) is 13.0 Å². The maximum atomic E-state index is 11.9. The minimum Gasteiger partial charge on any atom is -0.481 e. The van der Waals surface area contributed by atoms with E-state index in [0.29, 0.717) is 19.0 Å². The highest BCUT2D eigenvalue weighted by Gasteiger charge is 2.17. The minimum absolute atomic E-state index is 0.00810. The van der Waals surface area contributed by atoms with Crippen LogP contribution in [0.5, 0.6) is 0 Å². The SMILES string of the molecule is CC(C)NCCCC(=O)N(CCC(=O)O)C(C)C. The van der Waals surface area contributed by atoms with E-state index >= 15 is 0 Å². The number of hydrogen-bond donors (Lipinski definition) is 2. The van der Waals surface area contributed by atoms with Crippen molar-refractivity contribution in [3.63, 3.8) is 0 Å². The van der Waals surface area contributed by atoms with Crippen molar-refractivity contribution in [2.45, 2.75) is 59.0 Å². The molecule has 0 rings (SSSR count). The fourth-order valence-corrected chi connectivity index (χ4v) is 1.66. The number of nitrogens with zero attached hydrogens (tertiary/aromatic N) is 1. The van der Waals surface area contributed by atoms with Crippen molar-refractivity contribution < 1.29 is 14.7 Å². The Balaban J connectivity index is 4.02. The predicted octanol–water partition coefficient (Wildman–Crippen LogP) is 1.48. The van der Waals surface area contributed by atoms with E-state index in [-0.39, 0.29) is 18.4 Å². The first kappa shape index (κ1) is 16.9. The Morgan fingerprint density at radius 1 is 1.17 bits per heavy atom. The molecule has 0 radical (unpaired) electrons. The summed E-state index contributed by atoms with van der Waals surface area (Å²) in [6.07, 6.45) is 1.26. The van der Waals surface area contributed by atoms with Gasteiger partial charge in [0, 0.05) is 25.0 Å². The number of amides is 1. The molecule has 0 aromatic rings. The highest BCUT2D eigenvalue weighted by atomic mass is 16.4. The Morgan fingerprint density at radius 2 is 1.78 bits per heavy atom. The average Bonchev–Trinajstić information content (AvgIpc) is 2.23. The summed E-state index contributed by atoms with van der Waals surface area (Å²) in [5.41, 5.74) is 0. The maximum absolute atomic E-state index is 11.9. The van der Waals surface area contributed by atoms with Crippen LogP contribution in [0, 0.1) is 0 Å². The quantitative estimate of drug-likeness (QED) is 0.615. The Labute approximate surface area is 110 Å². The molecule has 0 aliphatic heterocycles. The maximum Gasteiger partial charge on any atom is 0.305 e. The first-order valence-corrected chi connectivity index (χ1v) is 6.59. The molecule has 0 saturated heterocycles. The normalized spacial score (nSPS) is 11.0. The highest BCUT2D eigenvalue weighted by Crippen LogP contribution is 2.05. The molecule has 0 aliphatic carbocycles. The van der Waals surface area contributed by atoms with E-state index in [9.17, 15) is 9.59 Å². The number of carboxylic acids is 1. The van der Waals surface area contributed by atoms with Crippen LogP contribution in [-0.2, 0) is 9.59 Å². The van der Waals surface area contributed by atoms with Gasteiger partial charge in [0.2, 0.25) is 5.91 Å². The van der Waals surface area contributed by atoms with E-state index in [1.165, 1.54) is 0 Å². The van der Waals surface area contributed by atoms with Gasteiger partial charge in [-0.2, -0.15) is 0 Å². The second kappa shape index (κ2) is 8.91. The molecule has 0 bridgehead atoms. The molecule has 0 saturated carbocycles. The van der Waals surface area contributed by atoms with Crippen LogP contribution < -0.4 is 5.32 Å². The molecule has 18 heavy (non-hydrogen) atoms. The van der Waals surface area contributed by atoms with Gasteiger partial charge in [0.15, 0.2) is 0 Å². The first-order valence-electron chi connectivity index (χ1n) is 6.59. The lowest BCUT2D eigenvalue weighted by molar-refractivity contribution is -0.139. The Morgan fingerprint density at radius 3 is 2.22 bits per heavy atom. The van der Waals surface area contributed by atoms with Gasteiger partial charge < -0.3 is 15.3 Å². The van der Waals surface area contributed by atoms with Gasteiger partial charge in [0.05, 0.1) is 6.42 Å². The predicted molar refractivity (Wildman–Crippen MR) is 71.5 cm³/mol. The molecule has 0 spiro atoms. The summed E-state index contributed by atoms with van der Waals surface area (Å²) in [5, 5.41) is 11.9. The van der Waals surface area contributed by atoms with Crippen molar-refractivity contribution >= 4 is 11.9 Å². The Bertz CT molecular complexity index is 265. The fourth-order valence-electron chi connectivity index (χ4n) is 1.66. The van der Waals surface area contributed by atoms with E-state index in [1.807, 2.05) is 13.8 Å². The summed E-state index contributed by atoms with van der Waals surface area (Å²) in [6.45, 7) is 9.06. The molecule has 106 valence electrons. The van der Waals surface area contributed by atoms with Crippen LogP contribution >= 0.6 is 0 Å². The summed E-state index contributed by atoms with van der Waals surface area (Å²) in [4.78, 5) is 24.1. The second-order valence-corrected chi connectivity index (χ2v) is 5.04. The van der Waals surface area contributed by atoms with Crippen molar-refractivity contribution in [3.8, 4) is 0 Å². The Kier molecular flexibility index (Phi) is 8.37. The summed E-state index contributed by atoms with van der Waals surface area (Å²) in [6, 6.07) is 0.475. The van der Waals surface area contributed by atoms with Crippen LogP contribution in [0.3, 0.4) is 0 Å². The molecule has 0 aliphatic rings. The minimum atomic E-state index is -0.866. The van der Waals surface area contributed by atoms with Crippen molar-refractivity contribution in [1.82, 2.24) is 10.2 Å². The van der Waals surface area contributed by atoms with Crippen LogP contribution in [0.2, 0.25) is 0 Å². The molecular formula is C13H26N2O3. The van der Waals surface area contributed by atoms with Gasteiger partial charge in [-0.15, -0.1) is 0 Å². The lowest BCUT2D eigenvalue weighted by Crippen LogP contribution is -2.38. The standard InChI is InChI=1S/C13H26N2O3/c1-10(2)14-8-5-6-12(16)15(11(3)4)9-7-13(17)18/h10-11,14H,5-9H2,1-4H3,(H,17,18). The van der Waals surface area contributed by atoms with Crippen molar-refractivity contribution in [1.29, 1.82) is 0 Å². The zero-order valence-corrected chi connectivity index (χ0v) is 11.9. The largest absolute Gasteiger partial charge is 0.481 e. The molecule has 2 N–H and O–H groups in total. The third kappa shape index (κ3) is 8.06. The van der Waals surface area contributed by atoms with E-state index in [4.69, 9.17) is 5.11 Å². The molecule has 5 nitrogen and oxygen atoms in total. The molecule has 0 unspecified atom stereocenters. The van der Waals surface area contributed by atoms with Crippen molar-refractivity contribution in [3.05, 3.63) is 0 Å². The molecular weight excluding hydrogens is 232 g/mol. The smallest absolute Gasteiger partial charge is 0.305 e. The number of rotatable bonds is 9. The highest BCUT2D eigenvalue weighted by molar-refractivity contribution is 5.77. The third-order valence-electron chi connectivity index (χ3n) is 2.63. The average molecular weight is 258 g/mol. The molecule has 0 aromatic heterocycles. The second-order valence-electron chi connectivity index (χ2n) is 5.04. The number of carbonyl (C=O) groups excluding carboxylic acids is 1. The van der Waals surface area contributed by atoms with E-state index in [2.05, 4.69) is 19.2 Å². The Hall–Kier alpha value is -1.10. The summed E-state index contributed by atoms with van der Waals surface area (Å²) < 4.78 is 0. The van der Waals surface area contributed by atoms with Crippen molar-refractivity contribution in [2.24, 2.45) is 0 Å². The fraction of sp³-hybridized carbons (Fsp3) is 0.846. The van der Waals surface area contributed by atoms with Gasteiger partial charge >= 0.3 is 5.97 Å². The van der Waals surface area contributed by atoms with Crippen LogP contribution in [0.1, 0.15) is 47.0 Å². The molecule has 0 aromatic carbocycles. The summed E-state index contributed by atoms with van der Waals surface area (Å²) >= 11 is 0. The van der Waals surface area contributed by atoms with Crippen LogP contribution in [0.25, 0.3) is 0 Å². The summed E-state index contributed by atoms with van der Waals surface area (Å²) in [7, 11) is 0. The number of nitrogens with one attached hydrogen (secondary N) is 1. The zero-order chi connectivity index (χ0) is 14.1. The lowest BCUT2D eigenvalue weighted by atomic mass is 10.2. The van der Waals surface area contributed by atoms with Gasteiger partial charge in [-0.25, -0.2) is 0 Å². The molecule has 0 atom stereocenters. The van der Waals surface area contributed by atoms with Gasteiger partial charge in [-0.05, 0) is 26.8 Å². The van der Waals surface area contributed by atoms with Crippen LogP contribution in [-0.4, -0.2) is 47.1 Å². The van der Waals surface area contributed by atoms with Crippen molar-refractivity contribution in [2.75, 3.05) is 13.1 Å². The van der Waals surface area contributed by atoms with E-state index < -0.39 is 5.97 Å². The third-order valence-corrected chi connectivity index (χ3v) is 2.63. The molecule has 1 amide bonds. The first-order chi connectivity index (χ1) is 8.34. The molecule has 5 heteroatoms. The number of carbonyl (C=O) groups is 2. The number of carboxylic acid groups (broad SMARTS) is 1. The molecule has 0 heterocycles. The van der Waals surface area contributed by atoms with Gasteiger partial charge in [0.25, 0.3) is 0 Å². The topological polar surface area (TPSA) is 69.6 Å². The van der Waals surface area contributed by atoms with E-state index in [1.54, 1.807) is 4.90 Å². The molecule has 0 fully saturated rings. The van der Waals surface area contributed by atoms with Gasteiger partial charge in [-0.1, -0.05) is 13.8 Å². The zero-order valence-electron chi connectivity index (χ0n) is 11.9. The monoisotopic (exact) mass is 258 g/mol. The number of hydrogen-bond acceptors (Lipinski definition) is 3. The number of aliphatic carboxylic acids is 1. The van der Waals surface area contributed by atoms with Gasteiger partial charge in [0.1, 0.15) is 0 Å². The lowest BCUT2D eigenvalue weighted by Gasteiger charge is -2.26. The van der Waals surface area contributed by atoms with Gasteiger partial charge in [-0.3, -0.25) is 9.59 Å². The van der Waals surface area contributed by atoms with Crippen LogP contribution in [0.15, 0.2) is 0 Å². The van der Waals surface area contributed by atoms with Crippen LogP contribution in [0.4, 0.5) is 0 Å².